The van der Waals surface area contributed by atoms with E-state index in [1.807, 2.05) is 4.90 Å². The highest BCUT2D eigenvalue weighted by Crippen LogP contribution is 2.30. The molecular weight excluding hydrogens is 335 g/mol. The Balaban J connectivity index is 1.80. The largest absolute Gasteiger partial charge is 0.322 e. The lowest BCUT2D eigenvalue weighted by molar-refractivity contribution is 0.144. The lowest BCUT2D eigenvalue weighted by Gasteiger charge is -2.35. The molecule has 0 radical (unpaired) electrons. The number of hydrogen-bond acceptors (Lipinski definition) is 3. The van der Waals surface area contributed by atoms with E-state index in [1.165, 1.54) is 0 Å². The van der Waals surface area contributed by atoms with Gasteiger partial charge in [0.1, 0.15) is 0 Å². The van der Waals surface area contributed by atoms with E-state index in [0.29, 0.717) is 15.7 Å². The van der Waals surface area contributed by atoms with Crippen LogP contribution in [0, 0.1) is 0 Å². The normalized spacial score (nSPS) is 16.0. The van der Waals surface area contributed by atoms with E-state index >= 15 is 0 Å². The van der Waals surface area contributed by atoms with E-state index in [9.17, 15) is 4.79 Å². The quantitative estimate of drug-likeness (QED) is 0.878. The molecule has 2 rings (SSSR count). The highest BCUT2D eigenvalue weighted by Gasteiger charge is 2.22. The molecule has 1 fully saturated rings. The maximum absolute atomic E-state index is 12.4. The van der Waals surface area contributed by atoms with Gasteiger partial charge in [-0.25, -0.2) is 4.79 Å². The molecule has 0 bridgehead atoms. The molecular formula is C16H24Cl2N4O. The summed E-state index contributed by atoms with van der Waals surface area (Å²) < 4.78 is 0. The van der Waals surface area contributed by atoms with Gasteiger partial charge in [0.15, 0.2) is 0 Å². The molecule has 0 aliphatic carbocycles. The van der Waals surface area contributed by atoms with Crippen molar-refractivity contribution in [3.63, 3.8) is 0 Å². The van der Waals surface area contributed by atoms with Crippen LogP contribution in [-0.2, 0) is 0 Å². The van der Waals surface area contributed by atoms with E-state index in [0.717, 1.165) is 45.7 Å². The van der Waals surface area contributed by atoms with Gasteiger partial charge in [0, 0.05) is 26.2 Å². The molecule has 1 aliphatic rings. The first-order valence-electron chi connectivity index (χ1n) is 7.84. The second-order valence-corrected chi connectivity index (χ2v) is 6.83. The zero-order valence-corrected chi connectivity index (χ0v) is 15.2. The second kappa shape index (κ2) is 8.73. The monoisotopic (exact) mass is 358 g/mol. The average Bonchev–Trinajstić information content (AvgIpc) is 2.51. The summed E-state index contributed by atoms with van der Waals surface area (Å²) in [5.41, 5.74) is 0.481. The van der Waals surface area contributed by atoms with Crippen LogP contribution in [0.5, 0.6) is 0 Å². The Kier molecular flexibility index (Phi) is 6.96. The number of hydrogen-bond donors (Lipinski definition) is 1. The fourth-order valence-corrected chi connectivity index (χ4v) is 3.08. The Morgan fingerprint density at radius 2 is 1.78 bits per heavy atom. The summed E-state index contributed by atoms with van der Waals surface area (Å²) in [5.74, 6) is 0. The van der Waals surface area contributed by atoms with Gasteiger partial charge in [0.25, 0.3) is 0 Å². The number of carbonyl (C=O) groups excluding carboxylic acids is 1. The Labute approximate surface area is 148 Å². The van der Waals surface area contributed by atoms with Crippen LogP contribution in [0.25, 0.3) is 0 Å². The van der Waals surface area contributed by atoms with Crippen molar-refractivity contribution >= 4 is 34.9 Å². The van der Waals surface area contributed by atoms with Gasteiger partial charge in [-0.3, -0.25) is 4.90 Å². The van der Waals surface area contributed by atoms with Gasteiger partial charge in [0.2, 0.25) is 0 Å². The molecule has 23 heavy (non-hydrogen) atoms. The van der Waals surface area contributed by atoms with Crippen LogP contribution in [0.4, 0.5) is 10.5 Å². The van der Waals surface area contributed by atoms with Crippen molar-refractivity contribution in [3.05, 3.63) is 28.2 Å². The molecule has 0 atom stereocenters. The number of para-hydroxylation sites is 1. The minimum atomic E-state index is -0.145. The molecule has 1 N–H and O–H groups in total. The minimum Gasteiger partial charge on any atom is -0.322 e. The van der Waals surface area contributed by atoms with E-state index in [4.69, 9.17) is 23.2 Å². The summed E-state index contributed by atoms with van der Waals surface area (Å²) in [5, 5.41) is 3.72. The van der Waals surface area contributed by atoms with Crippen molar-refractivity contribution < 1.29 is 4.79 Å². The predicted molar refractivity (Wildman–Crippen MR) is 96.7 cm³/mol. The number of nitrogens with zero attached hydrogens (tertiary/aromatic N) is 3. The molecule has 128 valence electrons. The molecule has 1 heterocycles. The molecule has 1 aromatic carbocycles. The Bertz CT molecular complexity index is 511. The molecule has 0 unspecified atom stereocenters. The van der Waals surface area contributed by atoms with Crippen LogP contribution >= 0.6 is 23.2 Å². The zero-order valence-electron chi connectivity index (χ0n) is 13.7. The molecule has 0 saturated carbocycles. The number of carbonyl (C=O) groups is 1. The van der Waals surface area contributed by atoms with E-state index in [-0.39, 0.29) is 6.03 Å². The van der Waals surface area contributed by atoms with Gasteiger partial charge in [-0.2, -0.15) is 0 Å². The smallest absolute Gasteiger partial charge is 0.322 e. The summed E-state index contributed by atoms with van der Waals surface area (Å²) in [7, 11) is 4.17. The fraction of sp³-hybridized carbons (Fsp3) is 0.562. The third-order valence-corrected chi connectivity index (χ3v) is 4.56. The van der Waals surface area contributed by atoms with Crippen LogP contribution < -0.4 is 5.32 Å². The van der Waals surface area contributed by atoms with Crippen LogP contribution in [0.2, 0.25) is 10.0 Å². The third kappa shape index (κ3) is 5.53. The molecule has 0 aromatic heterocycles. The zero-order chi connectivity index (χ0) is 16.8. The van der Waals surface area contributed by atoms with Crippen molar-refractivity contribution in [3.8, 4) is 0 Å². The first-order chi connectivity index (χ1) is 11.0. The summed E-state index contributed by atoms with van der Waals surface area (Å²) in [6.07, 6.45) is 1.15. The molecule has 7 heteroatoms. The van der Waals surface area contributed by atoms with E-state index in [2.05, 4.69) is 29.2 Å². The first-order valence-corrected chi connectivity index (χ1v) is 8.60. The van der Waals surface area contributed by atoms with E-state index in [1.54, 1.807) is 18.2 Å². The first kappa shape index (κ1) is 18.3. The summed E-state index contributed by atoms with van der Waals surface area (Å²) in [6.45, 7) is 5.40. The maximum atomic E-state index is 12.4. The van der Waals surface area contributed by atoms with Gasteiger partial charge in [-0.15, -0.1) is 0 Å². The van der Waals surface area contributed by atoms with Crippen molar-refractivity contribution in [2.24, 2.45) is 0 Å². The molecule has 2 amide bonds. The molecule has 1 aliphatic heterocycles. The van der Waals surface area contributed by atoms with Gasteiger partial charge in [0.05, 0.1) is 15.7 Å². The topological polar surface area (TPSA) is 38.8 Å². The molecule has 1 aromatic rings. The summed E-state index contributed by atoms with van der Waals surface area (Å²) in [6, 6.07) is 5.04. The Morgan fingerprint density at radius 1 is 1.17 bits per heavy atom. The number of amides is 2. The van der Waals surface area contributed by atoms with Crippen molar-refractivity contribution in [2.45, 2.75) is 6.42 Å². The Hall–Kier alpha value is -1.01. The summed E-state index contributed by atoms with van der Waals surface area (Å²) in [4.78, 5) is 18.8. The lowest BCUT2D eigenvalue weighted by Crippen LogP contribution is -2.50. The molecule has 5 nitrogen and oxygen atoms in total. The third-order valence-electron chi connectivity index (χ3n) is 3.93. The molecule has 0 spiro atoms. The number of anilines is 1. The van der Waals surface area contributed by atoms with Gasteiger partial charge < -0.3 is 15.1 Å². The number of halogens is 2. The lowest BCUT2D eigenvalue weighted by atomic mass is 10.3. The van der Waals surface area contributed by atoms with Gasteiger partial charge in [-0.1, -0.05) is 29.3 Å². The van der Waals surface area contributed by atoms with E-state index < -0.39 is 0 Å². The number of rotatable bonds is 5. The predicted octanol–water partition coefficient (Wildman–Crippen LogP) is 3.09. The summed E-state index contributed by atoms with van der Waals surface area (Å²) >= 11 is 12.2. The standard InChI is InChI=1S/C16H24Cl2N4O/c1-20(2)7-4-8-21-9-11-22(12-10-21)16(23)19-15-13(17)5-3-6-14(15)18/h3,5-6H,4,7-12H2,1-2H3,(H,19,23). The Morgan fingerprint density at radius 3 is 2.35 bits per heavy atom. The SMILES string of the molecule is CN(C)CCCN1CCN(C(=O)Nc2c(Cl)cccc2Cl)CC1. The van der Waals surface area contributed by atoms with Crippen molar-refractivity contribution in [1.29, 1.82) is 0 Å². The number of nitrogens with one attached hydrogen (secondary N) is 1. The van der Waals surface area contributed by atoms with Crippen LogP contribution in [-0.4, -0.2) is 74.1 Å². The van der Waals surface area contributed by atoms with Gasteiger partial charge in [-0.05, 0) is 45.7 Å². The van der Waals surface area contributed by atoms with Crippen LogP contribution in [0.15, 0.2) is 18.2 Å². The highest BCUT2D eigenvalue weighted by molar-refractivity contribution is 6.39. The van der Waals surface area contributed by atoms with Gasteiger partial charge >= 0.3 is 6.03 Å². The van der Waals surface area contributed by atoms with Crippen LogP contribution in [0.3, 0.4) is 0 Å². The maximum Gasteiger partial charge on any atom is 0.322 e. The van der Waals surface area contributed by atoms with Crippen molar-refractivity contribution in [1.82, 2.24) is 14.7 Å². The highest BCUT2D eigenvalue weighted by atomic mass is 35.5. The average molecular weight is 359 g/mol. The minimum absolute atomic E-state index is 0.145. The molecule has 1 saturated heterocycles. The van der Waals surface area contributed by atoms with Crippen molar-refractivity contribution in [2.75, 3.05) is 58.7 Å². The second-order valence-electron chi connectivity index (χ2n) is 6.01. The van der Waals surface area contributed by atoms with Crippen LogP contribution in [0.1, 0.15) is 6.42 Å². The number of piperazine rings is 1. The number of benzene rings is 1. The number of urea groups is 1. The fourth-order valence-electron chi connectivity index (χ4n) is 2.59.